The lowest BCUT2D eigenvalue weighted by Gasteiger charge is -2.07. The number of aromatic nitrogens is 1. The van der Waals surface area contributed by atoms with Crippen molar-refractivity contribution in [2.75, 3.05) is 6.61 Å². The van der Waals surface area contributed by atoms with Gasteiger partial charge in [0.1, 0.15) is 0 Å². The van der Waals surface area contributed by atoms with E-state index in [1.807, 2.05) is 0 Å². The number of hydrogen-bond acceptors (Lipinski definition) is 1. The first kappa shape index (κ1) is 21.2. The molecule has 0 amide bonds. The van der Waals surface area contributed by atoms with Crippen molar-refractivity contribution in [3.63, 3.8) is 0 Å². The van der Waals surface area contributed by atoms with Gasteiger partial charge in [0.05, 0.1) is 6.61 Å². The number of nitrogens with zero attached hydrogens (tertiary/aromatic N) is 1. The first-order valence-electron chi connectivity index (χ1n) is 10.3. The van der Waals surface area contributed by atoms with Crippen LogP contribution < -0.4 is 4.57 Å². The summed E-state index contributed by atoms with van der Waals surface area (Å²) in [4.78, 5) is 0. The number of rotatable bonds is 14. The predicted octanol–water partition coefficient (Wildman–Crippen LogP) is 6.05. The minimum Gasteiger partial charge on any atom is -0.323 e. The van der Waals surface area contributed by atoms with E-state index in [9.17, 15) is 0 Å². The Morgan fingerprint density at radius 1 is 0.792 bits per heavy atom. The summed E-state index contributed by atoms with van der Waals surface area (Å²) in [5.41, 5.74) is 4.21. The molecule has 2 heteroatoms. The monoisotopic (exact) mass is 334 g/mol. The molecule has 0 radical (unpaired) electrons. The van der Waals surface area contributed by atoms with E-state index < -0.39 is 0 Å². The summed E-state index contributed by atoms with van der Waals surface area (Å²) in [6.45, 7) is 10.5. The van der Waals surface area contributed by atoms with Crippen LogP contribution in [0, 0.1) is 13.8 Å². The van der Waals surface area contributed by atoms with E-state index in [-0.39, 0.29) is 0 Å². The zero-order valence-corrected chi connectivity index (χ0v) is 16.7. The third-order valence-corrected chi connectivity index (χ3v) is 5.02. The summed E-state index contributed by atoms with van der Waals surface area (Å²) in [5, 5.41) is 0. The molecule has 0 spiro atoms. The number of ether oxygens (including phenoxy) is 1. The lowest BCUT2D eigenvalue weighted by molar-refractivity contribution is -0.733. The number of pyridine rings is 1. The summed E-state index contributed by atoms with van der Waals surface area (Å²) in [6, 6.07) is 0. The highest BCUT2D eigenvalue weighted by molar-refractivity contribution is 5.26. The van der Waals surface area contributed by atoms with Crippen molar-refractivity contribution in [1.29, 1.82) is 0 Å². The van der Waals surface area contributed by atoms with E-state index in [0.29, 0.717) is 6.73 Å². The molecule has 1 aromatic rings. The van der Waals surface area contributed by atoms with Crippen LogP contribution in [0.15, 0.2) is 12.4 Å². The van der Waals surface area contributed by atoms with Crippen molar-refractivity contribution in [3.8, 4) is 0 Å². The molecule has 0 unspecified atom stereocenters. The third kappa shape index (κ3) is 8.82. The third-order valence-electron chi connectivity index (χ3n) is 5.02. The lowest BCUT2D eigenvalue weighted by Crippen LogP contribution is -2.36. The van der Waals surface area contributed by atoms with Gasteiger partial charge in [0, 0.05) is 11.1 Å². The van der Waals surface area contributed by atoms with Gasteiger partial charge in [-0.25, -0.2) is 0 Å². The normalized spacial score (nSPS) is 11.2. The van der Waals surface area contributed by atoms with Gasteiger partial charge in [-0.3, -0.25) is 0 Å². The molecule has 2 nitrogen and oxygen atoms in total. The fourth-order valence-electron chi connectivity index (χ4n) is 3.23. The smallest absolute Gasteiger partial charge is 0.252 e. The molecule has 0 N–H and O–H groups in total. The fraction of sp³-hybridized carbons (Fsp3) is 0.773. The minimum absolute atomic E-state index is 0.686. The van der Waals surface area contributed by atoms with Crippen molar-refractivity contribution < 1.29 is 9.30 Å². The molecule has 0 aliphatic carbocycles. The van der Waals surface area contributed by atoms with Crippen LogP contribution in [0.4, 0.5) is 0 Å². The summed E-state index contributed by atoms with van der Waals surface area (Å²) in [6.07, 6.45) is 19.3. The maximum Gasteiger partial charge on any atom is 0.252 e. The second-order valence-electron chi connectivity index (χ2n) is 7.18. The molecular formula is C22H40NO+. The first-order valence-corrected chi connectivity index (χ1v) is 10.3. The molecule has 1 rings (SSSR count). The van der Waals surface area contributed by atoms with Crippen molar-refractivity contribution in [2.24, 2.45) is 0 Å². The van der Waals surface area contributed by atoms with E-state index in [2.05, 4.69) is 44.7 Å². The molecule has 0 atom stereocenters. The number of unbranched alkanes of at least 4 members (excludes halogenated alkanes) is 9. The number of aryl methyl sites for hydroxylation is 2. The lowest BCUT2D eigenvalue weighted by atomic mass is 10.1. The maximum absolute atomic E-state index is 5.85. The molecule has 0 saturated carbocycles. The van der Waals surface area contributed by atoms with Gasteiger partial charge in [-0.1, -0.05) is 71.6 Å². The standard InChI is InChI=1S/C22H40NO/c1-5-7-8-9-10-11-12-13-14-15-16-24-19-23-17-20(3)21(4)22(6-2)18-23/h17-18H,5-16,19H2,1-4H3/q+1. The van der Waals surface area contributed by atoms with Gasteiger partial charge < -0.3 is 4.74 Å². The quantitative estimate of drug-likeness (QED) is 0.298. The predicted molar refractivity (Wildman–Crippen MR) is 103 cm³/mol. The molecule has 0 aliphatic heterocycles. The Labute approximate surface area is 150 Å². The van der Waals surface area contributed by atoms with Gasteiger partial charge in [-0.15, -0.1) is 0 Å². The van der Waals surface area contributed by atoms with Gasteiger partial charge in [-0.2, -0.15) is 4.57 Å². The fourth-order valence-corrected chi connectivity index (χ4v) is 3.23. The van der Waals surface area contributed by atoms with Crippen molar-refractivity contribution in [1.82, 2.24) is 0 Å². The Morgan fingerprint density at radius 3 is 1.96 bits per heavy atom. The average Bonchev–Trinajstić information content (AvgIpc) is 2.58. The van der Waals surface area contributed by atoms with Crippen LogP contribution in [0.5, 0.6) is 0 Å². The second kappa shape index (κ2) is 13.4. The summed E-state index contributed by atoms with van der Waals surface area (Å²) in [7, 11) is 0. The molecule has 138 valence electrons. The first-order chi connectivity index (χ1) is 11.7. The SMILES string of the molecule is CCCCCCCCCCCCOC[n+]1cc(C)c(C)c(CC)c1. The Bertz CT molecular complexity index is 442. The van der Waals surface area contributed by atoms with Crippen LogP contribution in [0.1, 0.15) is 94.7 Å². The molecule has 1 aromatic heterocycles. The Kier molecular flexibility index (Phi) is 11.8. The molecular weight excluding hydrogens is 294 g/mol. The maximum atomic E-state index is 5.85. The second-order valence-corrected chi connectivity index (χ2v) is 7.18. The van der Waals surface area contributed by atoms with Gasteiger partial charge in [0.2, 0.25) is 0 Å². The van der Waals surface area contributed by atoms with Crippen LogP contribution in [0.2, 0.25) is 0 Å². The largest absolute Gasteiger partial charge is 0.323 e. The van der Waals surface area contributed by atoms with E-state index in [0.717, 1.165) is 13.0 Å². The highest BCUT2D eigenvalue weighted by Crippen LogP contribution is 2.11. The zero-order valence-electron chi connectivity index (χ0n) is 16.7. The van der Waals surface area contributed by atoms with E-state index in [1.54, 1.807) is 0 Å². The molecule has 0 aliphatic rings. The average molecular weight is 335 g/mol. The highest BCUT2D eigenvalue weighted by Gasteiger charge is 2.08. The van der Waals surface area contributed by atoms with E-state index in [4.69, 9.17) is 4.74 Å². The van der Waals surface area contributed by atoms with Gasteiger partial charge in [0.25, 0.3) is 6.73 Å². The van der Waals surface area contributed by atoms with Crippen LogP contribution in [-0.2, 0) is 17.9 Å². The molecule has 24 heavy (non-hydrogen) atoms. The van der Waals surface area contributed by atoms with Crippen molar-refractivity contribution in [2.45, 2.75) is 105 Å². The Morgan fingerprint density at radius 2 is 1.38 bits per heavy atom. The topological polar surface area (TPSA) is 13.1 Å². The van der Waals surface area contributed by atoms with Crippen LogP contribution >= 0.6 is 0 Å². The molecule has 0 saturated heterocycles. The van der Waals surface area contributed by atoms with Crippen molar-refractivity contribution in [3.05, 3.63) is 29.1 Å². The van der Waals surface area contributed by atoms with Gasteiger partial charge in [0.15, 0.2) is 12.4 Å². The van der Waals surface area contributed by atoms with E-state index in [1.165, 1.54) is 80.9 Å². The summed E-state index contributed by atoms with van der Waals surface area (Å²) in [5.74, 6) is 0. The molecule has 0 fully saturated rings. The molecule has 0 aromatic carbocycles. The number of hydrogen-bond donors (Lipinski definition) is 0. The summed E-state index contributed by atoms with van der Waals surface area (Å²) >= 11 is 0. The minimum atomic E-state index is 0.686. The molecule has 1 heterocycles. The van der Waals surface area contributed by atoms with Crippen LogP contribution in [0.3, 0.4) is 0 Å². The Hall–Kier alpha value is -0.890. The van der Waals surface area contributed by atoms with Crippen LogP contribution in [-0.4, -0.2) is 6.61 Å². The highest BCUT2D eigenvalue weighted by atomic mass is 16.5. The Balaban J connectivity index is 2.02. The van der Waals surface area contributed by atoms with Gasteiger partial charge >= 0.3 is 0 Å². The summed E-state index contributed by atoms with van der Waals surface area (Å²) < 4.78 is 8.04. The van der Waals surface area contributed by atoms with Crippen LogP contribution in [0.25, 0.3) is 0 Å². The van der Waals surface area contributed by atoms with Crippen molar-refractivity contribution >= 4 is 0 Å². The molecule has 0 bridgehead atoms. The van der Waals surface area contributed by atoms with Gasteiger partial charge in [-0.05, 0) is 32.3 Å². The zero-order chi connectivity index (χ0) is 17.6. The van der Waals surface area contributed by atoms with E-state index >= 15 is 0 Å².